The Kier molecular flexibility index (Phi) is 4.87. The van der Waals surface area contributed by atoms with E-state index >= 15 is 0 Å². The van der Waals surface area contributed by atoms with E-state index in [0.29, 0.717) is 18.8 Å². The molecule has 1 aromatic carbocycles. The Morgan fingerprint density at radius 2 is 2.11 bits per heavy atom. The number of nitrogens with one attached hydrogen (secondary N) is 1. The van der Waals surface area contributed by atoms with E-state index in [-0.39, 0.29) is 24.2 Å². The molecule has 0 bridgehead atoms. The smallest absolute Gasteiger partial charge is 0.237 e. The Morgan fingerprint density at radius 1 is 1.42 bits per heavy atom. The highest BCUT2D eigenvalue weighted by atomic mass is 19.1. The van der Waals surface area contributed by atoms with Gasteiger partial charge in [0.15, 0.2) is 0 Å². The van der Waals surface area contributed by atoms with Crippen molar-refractivity contribution in [1.82, 2.24) is 5.32 Å². The van der Waals surface area contributed by atoms with Crippen LogP contribution in [0.2, 0.25) is 0 Å². The summed E-state index contributed by atoms with van der Waals surface area (Å²) < 4.78 is 18.6. The van der Waals surface area contributed by atoms with Crippen LogP contribution in [0.3, 0.4) is 0 Å². The van der Waals surface area contributed by atoms with Crippen molar-refractivity contribution in [3.63, 3.8) is 0 Å². The van der Waals surface area contributed by atoms with E-state index in [1.54, 1.807) is 18.2 Å². The zero-order valence-electron chi connectivity index (χ0n) is 10.8. The molecule has 1 aliphatic heterocycles. The second kappa shape index (κ2) is 6.63. The maximum atomic E-state index is 13.4. The highest BCUT2D eigenvalue weighted by molar-refractivity contribution is 5.81. The van der Waals surface area contributed by atoms with Gasteiger partial charge in [-0.05, 0) is 24.8 Å². The van der Waals surface area contributed by atoms with E-state index in [4.69, 9.17) is 10.5 Å². The highest BCUT2D eigenvalue weighted by Gasteiger charge is 2.26. The quantitative estimate of drug-likeness (QED) is 0.860. The molecule has 5 heteroatoms. The lowest BCUT2D eigenvalue weighted by atomic mass is 9.92. The Bertz CT molecular complexity index is 433. The van der Waals surface area contributed by atoms with Gasteiger partial charge in [0.05, 0.1) is 6.04 Å². The van der Waals surface area contributed by atoms with Crippen LogP contribution in [0.15, 0.2) is 24.3 Å². The maximum absolute atomic E-state index is 13.4. The van der Waals surface area contributed by atoms with Crippen molar-refractivity contribution in [3.8, 4) is 0 Å². The maximum Gasteiger partial charge on any atom is 0.237 e. The van der Waals surface area contributed by atoms with E-state index < -0.39 is 6.04 Å². The molecule has 1 fully saturated rings. The van der Waals surface area contributed by atoms with Crippen LogP contribution >= 0.6 is 0 Å². The molecular formula is C14H19FN2O2. The van der Waals surface area contributed by atoms with Crippen molar-refractivity contribution in [2.24, 2.45) is 11.7 Å². The second-order valence-electron chi connectivity index (χ2n) is 4.78. The minimum atomic E-state index is -0.546. The molecule has 4 nitrogen and oxygen atoms in total. The summed E-state index contributed by atoms with van der Waals surface area (Å²) in [6.45, 7) is 1.47. The SMILES string of the molecule is NC(C(=O)NCc1ccccc1F)C1CCOCC1. The number of hydrogen-bond acceptors (Lipinski definition) is 3. The van der Waals surface area contributed by atoms with Crippen molar-refractivity contribution in [2.75, 3.05) is 13.2 Å². The summed E-state index contributed by atoms with van der Waals surface area (Å²) in [5, 5.41) is 2.69. The summed E-state index contributed by atoms with van der Waals surface area (Å²) >= 11 is 0. The van der Waals surface area contributed by atoms with Gasteiger partial charge in [-0.1, -0.05) is 18.2 Å². The van der Waals surface area contributed by atoms with Gasteiger partial charge in [0.25, 0.3) is 0 Å². The van der Waals surface area contributed by atoms with Crippen LogP contribution in [0.5, 0.6) is 0 Å². The molecule has 0 aliphatic carbocycles. The van der Waals surface area contributed by atoms with Crippen molar-refractivity contribution in [2.45, 2.75) is 25.4 Å². The van der Waals surface area contributed by atoms with Gasteiger partial charge in [-0.3, -0.25) is 4.79 Å². The van der Waals surface area contributed by atoms with Crippen LogP contribution in [0, 0.1) is 11.7 Å². The van der Waals surface area contributed by atoms with Gasteiger partial charge in [-0.15, -0.1) is 0 Å². The van der Waals surface area contributed by atoms with Gasteiger partial charge in [0, 0.05) is 25.3 Å². The van der Waals surface area contributed by atoms with Crippen LogP contribution in [0.1, 0.15) is 18.4 Å². The molecule has 0 spiro atoms. The molecule has 1 saturated heterocycles. The number of ether oxygens (including phenoxy) is 1. The lowest BCUT2D eigenvalue weighted by Crippen LogP contribution is -2.46. The summed E-state index contributed by atoms with van der Waals surface area (Å²) in [5.74, 6) is -0.396. The Morgan fingerprint density at radius 3 is 2.79 bits per heavy atom. The predicted molar refractivity (Wildman–Crippen MR) is 69.8 cm³/mol. The molecule has 2 rings (SSSR count). The second-order valence-corrected chi connectivity index (χ2v) is 4.78. The molecule has 0 aromatic heterocycles. The van der Waals surface area contributed by atoms with Crippen LogP contribution in [-0.4, -0.2) is 25.2 Å². The van der Waals surface area contributed by atoms with Gasteiger partial charge in [0.1, 0.15) is 5.82 Å². The zero-order valence-corrected chi connectivity index (χ0v) is 10.8. The Balaban J connectivity index is 1.85. The largest absolute Gasteiger partial charge is 0.381 e. The van der Waals surface area contributed by atoms with E-state index in [1.165, 1.54) is 6.07 Å². The lowest BCUT2D eigenvalue weighted by molar-refractivity contribution is -0.124. The van der Waals surface area contributed by atoms with Gasteiger partial charge >= 0.3 is 0 Å². The number of carbonyl (C=O) groups is 1. The number of hydrogen-bond donors (Lipinski definition) is 2. The van der Waals surface area contributed by atoms with Crippen molar-refractivity contribution < 1.29 is 13.9 Å². The van der Waals surface area contributed by atoms with Crippen LogP contribution in [0.4, 0.5) is 4.39 Å². The molecule has 1 amide bonds. The molecule has 104 valence electrons. The van der Waals surface area contributed by atoms with Crippen molar-refractivity contribution >= 4 is 5.91 Å². The first-order valence-corrected chi connectivity index (χ1v) is 6.53. The molecule has 1 aromatic rings. The number of benzene rings is 1. The lowest BCUT2D eigenvalue weighted by Gasteiger charge is -2.26. The van der Waals surface area contributed by atoms with Gasteiger partial charge in [0.2, 0.25) is 5.91 Å². The average molecular weight is 266 g/mol. The minimum Gasteiger partial charge on any atom is -0.381 e. The molecular weight excluding hydrogens is 247 g/mol. The first kappa shape index (κ1) is 14.0. The molecule has 0 radical (unpaired) electrons. The monoisotopic (exact) mass is 266 g/mol. The summed E-state index contributed by atoms with van der Waals surface area (Å²) in [4.78, 5) is 11.9. The van der Waals surface area contributed by atoms with E-state index in [1.807, 2.05) is 0 Å². The van der Waals surface area contributed by atoms with E-state index in [9.17, 15) is 9.18 Å². The molecule has 1 unspecified atom stereocenters. The number of rotatable bonds is 4. The summed E-state index contributed by atoms with van der Waals surface area (Å²) in [6, 6.07) is 5.84. The number of carbonyl (C=O) groups excluding carboxylic acids is 1. The zero-order chi connectivity index (χ0) is 13.7. The Hall–Kier alpha value is -1.46. The first-order chi connectivity index (χ1) is 9.18. The summed E-state index contributed by atoms with van der Waals surface area (Å²) in [5.41, 5.74) is 6.40. The summed E-state index contributed by atoms with van der Waals surface area (Å²) in [7, 11) is 0. The normalized spacial score (nSPS) is 18.0. The van der Waals surface area contributed by atoms with E-state index in [2.05, 4.69) is 5.32 Å². The van der Waals surface area contributed by atoms with E-state index in [0.717, 1.165) is 12.8 Å². The minimum absolute atomic E-state index is 0.148. The molecule has 1 heterocycles. The van der Waals surface area contributed by atoms with Crippen molar-refractivity contribution in [1.29, 1.82) is 0 Å². The third-order valence-corrected chi connectivity index (χ3v) is 3.49. The third-order valence-electron chi connectivity index (χ3n) is 3.49. The fraction of sp³-hybridized carbons (Fsp3) is 0.500. The first-order valence-electron chi connectivity index (χ1n) is 6.53. The van der Waals surface area contributed by atoms with Gasteiger partial charge in [-0.25, -0.2) is 4.39 Å². The molecule has 19 heavy (non-hydrogen) atoms. The predicted octanol–water partition coefficient (Wildman–Crippen LogP) is 1.20. The molecule has 1 aliphatic rings. The third kappa shape index (κ3) is 3.75. The van der Waals surface area contributed by atoms with Crippen LogP contribution in [0.25, 0.3) is 0 Å². The standard InChI is InChI=1S/C14H19FN2O2/c15-12-4-2-1-3-11(12)9-17-14(18)13(16)10-5-7-19-8-6-10/h1-4,10,13H,5-9,16H2,(H,17,18). The van der Waals surface area contributed by atoms with Crippen LogP contribution < -0.4 is 11.1 Å². The summed E-state index contributed by atoms with van der Waals surface area (Å²) in [6.07, 6.45) is 1.60. The fourth-order valence-corrected chi connectivity index (χ4v) is 2.23. The fourth-order valence-electron chi connectivity index (χ4n) is 2.23. The number of halogens is 1. The van der Waals surface area contributed by atoms with Crippen LogP contribution in [-0.2, 0) is 16.1 Å². The average Bonchev–Trinajstić information content (AvgIpc) is 2.46. The van der Waals surface area contributed by atoms with Gasteiger partial charge in [-0.2, -0.15) is 0 Å². The topological polar surface area (TPSA) is 64.4 Å². The molecule has 3 N–H and O–H groups in total. The Labute approximate surface area is 112 Å². The molecule has 0 saturated carbocycles. The highest BCUT2D eigenvalue weighted by Crippen LogP contribution is 2.17. The number of nitrogens with two attached hydrogens (primary N) is 1. The molecule has 1 atom stereocenters. The number of amides is 1. The van der Waals surface area contributed by atoms with Crippen molar-refractivity contribution in [3.05, 3.63) is 35.6 Å². The van der Waals surface area contributed by atoms with Gasteiger partial charge < -0.3 is 15.8 Å².